The molecule has 2 N–H and O–H groups in total. The van der Waals surface area contributed by atoms with Crippen LogP contribution in [0.3, 0.4) is 0 Å². The summed E-state index contributed by atoms with van der Waals surface area (Å²) in [7, 11) is 0. The Balaban J connectivity index is 2.91. The lowest BCUT2D eigenvalue weighted by Crippen LogP contribution is -2.40. The molecule has 0 saturated heterocycles. The minimum absolute atomic E-state index is 0.314. The number of allylic oxidation sites excluding steroid dienone is 1. The summed E-state index contributed by atoms with van der Waals surface area (Å²) in [6.07, 6.45) is 2.46. The van der Waals surface area contributed by atoms with E-state index in [-0.39, 0.29) is 0 Å². The summed E-state index contributed by atoms with van der Waals surface area (Å²) in [6, 6.07) is 4.02. The molecule has 0 heterocycles. The summed E-state index contributed by atoms with van der Waals surface area (Å²) < 4.78 is 0. The number of halogens is 1. The number of amides is 1. The fourth-order valence-corrected chi connectivity index (χ4v) is 2.81. The van der Waals surface area contributed by atoms with E-state index in [0.717, 1.165) is 10.6 Å². The van der Waals surface area contributed by atoms with Crippen LogP contribution in [0.25, 0.3) is 0 Å². The maximum atomic E-state index is 12.3. The third kappa shape index (κ3) is 5.44. The van der Waals surface area contributed by atoms with Gasteiger partial charge in [0.15, 0.2) is 0 Å². The Morgan fingerprint density at radius 1 is 1.52 bits per heavy atom. The zero-order valence-electron chi connectivity index (χ0n) is 11.8. The van der Waals surface area contributed by atoms with E-state index in [2.05, 4.69) is 11.9 Å². The summed E-state index contributed by atoms with van der Waals surface area (Å²) in [5.41, 5.74) is 0.441. The van der Waals surface area contributed by atoms with Crippen LogP contribution in [0, 0.1) is 0 Å². The SMILES string of the molecule is C=CCCC(NC(=O)c1ccc(Cl)cc1SCC)C(=O)O. The van der Waals surface area contributed by atoms with Crippen LogP contribution in [-0.2, 0) is 4.79 Å². The van der Waals surface area contributed by atoms with Crippen molar-refractivity contribution in [2.75, 3.05) is 5.75 Å². The van der Waals surface area contributed by atoms with E-state index in [1.807, 2.05) is 6.92 Å². The summed E-state index contributed by atoms with van der Waals surface area (Å²) in [5, 5.41) is 12.2. The minimum Gasteiger partial charge on any atom is -0.480 e. The normalized spacial score (nSPS) is 11.7. The van der Waals surface area contributed by atoms with Crippen molar-refractivity contribution in [3.8, 4) is 0 Å². The molecule has 0 spiro atoms. The molecule has 0 aliphatic heterocycles. The first-order valence-corrected chi connectivity index (χ1v) is 7.92. The van der Waals surface area contributed by atoms with E-state index in [9.17, 15) is 9.59 Å². The second kappa shape index (κ2) is 8.74. The number of carbonyl (C=O) groups is 2. The zero-order chi connectivity index (χ0) is 15.8. The molecule has 0 fully saturated rings. The Bertz CT molecular complexity index is 534. The van der Waals surface area contributed by atoms with Crippen LogP contribution in [0.15, 0.2) is 35.7 Å². The van der Waals surface area contributed by atoms with Gasteiger partial charge in [0.1, 0.15) is 6.04 Å². The molecule has 0 radical (unpaired) electrons. The van der Waals surface area contributed by atoms with Gasteiger partial charge in [-0.3, -0.25) is 4.79 Å². The Labute approximate surface area is 133 Å². The maximum Gasteiger partial charge on any atom is 0.326 e. The van der Waals surface area contributed by atoms with Crippen molar-refractivity contribution in [2.45, 2.75) is 30.7 Å². The zero-order valence-corrected chi connectivity index (χ0v) is 13.3. The van der Waals surface area contributed by atoms with E-state index in [0.29, 0.717) is 23.4 Å². The highest BCUT2D eigenvalue weighted by molar-refractivity contribution is 7.99. The van der Waals surface area contributed by atoms with Crippen molar-refractivity contribution >= 4 is 35.2 Å². The number of hydrogen-bond acceptors (Lipinski definition) is 3. The topological polar surface area (TPSA) is 66.4 Å². The molecular formula is C15H18ClNO3S. The van der Waals surface area contributed by atoms with Gasteiger partial charge in [-0.25, -0.2) is 4.79 Å². The van der Waals surface area contributed by atoms with E-state index in [1.54, 1.807) is 24.3 Å². The predicted octanol–water partition coefficient (Wildman–Crippen LogP) is 3.60. The van der Waals surface area contributed by atoms with Crippen molar-refractivity contribution in [2.24, 2.45) is 0 Å². The number of aliphatic carboxylic acids is 1. The fourth-order valence-electron chi connectivity index (χ4n) is 1.74. The molecular weight excluding hydrogens is 310 g/mol. The second-order valence-corrected chi connectivity index (χ2v) is 6.05. The van der Waals surface area contributed by atoms with Crippen LogP contribution in [0.5, 0.6) is 0 Å². The van der Waals surface area contributed by atoms with E-state index in [1.165, 1.54) is 11.8 Å². The summed E-state index contributed by atoms with van der Waals surface area (Å²) in [5.74, 6) is -0.664. The van der Waals surface area contributed by atoms with Gasteiger partial charge in [0, 0.05) is 9.92 Å². The van der Waals surface area contributed by atoms with E-state index in [4.69, 9.17) is 16.7 Å². The van der Waals surface area contributed by atoms with Gasteiger partial charge in [-0.05, 0) is 36.8 Å². The molecule has 1 amide bonds. The fraction of sp³-hybridized carbons (Fsp3) is 0.333. The van der Waals surface area contributed by atoms with Gasteiger partial charge >= 0.3 is 5.97 Å². The summed E-state index contributed by atoms with van der Waals surface area (Å²) >= 11 is 7.42. The summed E-state index contributed by atoms with van der Waals surface area (Å²) in [6.45, 7) is 5.52. The number of carbonyl (C=O) groups excluding carboxylic acids is 1. The minimum atomic E-state index is -1.05. The molecule has 1 unspecified atom stereocenters. The first-order chi connectivity index (χ1) is 9.99. The molecule has 0 saturated carbocycles. The van der Waals surface area contributed by atoms with E-state index >= 15 is 0 Å². The standard InChI is InChI=1S/C15H18ClNO3S/c1-3-5-6-12(15(19)20)17-14(18)11-8-7-10(16)9-13(11)21-4-2/h3,7-9,12H,1,4-6H2,2H3,(H,17,18)(H,19,20). The summed E-state index contributed by atoms with van der Waals surface area (Å²) in [4.78, 5) is 24.2. The van der Waals surface area contributed by atoms with Crippen LogP contribution in [0.1, 0.15) is 30.1 Å². The van der Waals surface area contributed by atoms with Gasteiger partial charge in [0.2, 0.25) is 0 Å². The van der Waals surface area contributed by atoms with Crippen molar-refractivity contribution in [3.63, 3.8) is 0 Å². The number of hydrogen-bond donors (Lipinski definition) is 2. The highest BCUT2D eigenvalue weighted by atomic mass is 35.5. The lowest BCUT2D eigenvalue weighted by Gasteiger charge is -2.15. The van der Waals surface area contributed by atoms with Crippen molar-refractivity contribution in [3.05, 3.63) is 41.4 Å². The number of benzene rings is 1. The first kappa shape index (κ1) is 17.6. The Hall–Kier alpha value is -1.46. The molecule has 6 heteroatoms. The lowest BCUT2D eigenvalue weighted by molar-refractivity contribution is -0.139. The quantitative estimate of drug-likeness (QED) is 0.565. The second-order valence-electron chi connectivity index (χ2n) is 4.30. The number of rotatable bonds is 8. The Morgan fingerprint density at radius 3 is 2.81 bits per heavy atom. The number of thioether (sulfide) groups is 1. The molecule has 4 nitrogen and oxygen atoms in total. The molecule has 0 aliphatic rings. The highest BCUT2D eigenvalue weighted by Crippen LogP contribution is 2.26. The van der Waals surface area contributed by atoms with Crippen LogP contribution in [0.4, 0.5) is 0 Å². The molecule has 1 aromatic carbocycles. The third-order valence-corrected chi connectivity index (χ3v) is 3.92. The molecule has 1 aromatic rings. The van der Waals surface area contributed by atoms with Crippen LogP contribution in [-0.4, -0.2) is 28.8 Å². The van der Waals surface area contributed by atoms with Crippen molar-refractivity contribution in [1.82, 2.24) is 5.32 Å². The van der Waals surface area contributed by atoms with Gasteiger partial charge in [-0.15, -0.1) is 18.3 Å². The molecule has 1 rings (SSSR count). The molecule has 21 heavy (non-hydrogen) atoms. The largest absolute Gasteiger partial charge is 0.480 e. The Kier molecular flexibility index (Phi) is 7.32. The maximum absolute atomic E-state index is 12.3. The number of nitrogens with one attached hydrogen (secondary N) is 1. The van der Waals surface area contributed by atoms with Crippen molar-refractivity contribution in [1.29, 1.82) is 0 Å². The Morgan fingerprint density at radius 2 is 2.24 bits per heavy atom. The smallest absolute Gasteiger partial charge is 0.326 e. The molecule has 0 aliphatic carbocycles. The number of carboxylic acids is 1. The van der Waals surface area contributed by atoms with Gasteiger partial charge in [-0.2, -0.15) is 0 Å². The lowest BCUT2D eigenvalue weighted by atomic mass is 10.1. The predicted molar refractivity (Wildman–Crippen MR) is 86.2 cm³/mol. The monoisotopic (exact) mass is 327 g/mol. The highest BCUT2D eigenvalue weighted by Gasteiger charge is 2.21. The van der Waals surface area contributed by atoms with Gasteiger partial charge in [0.25, 0.3) is 5.91 Å². The average Bonchev–Trinajstić information content (AvgIpc) is 2.43. The van der Waals surface area contributed by atoms with Crippen LogP contribution >= 0.6 is 23.4 Å². The molecule has 1 atom stereocenters. The molecule has 0 aromatic heterocycles. The first-order valence-electron chi connectivity index (χ1n) is 6.56. The van der Waals surface area contributed by atoms with Gasteiger partial charge < -0.3 is 10.4 Å². The van der Waals surface area contributed by atoms with Crippen LogP contribution in [0.2, 0.25) is 5.02 Å². The van der Waals surface area contributed by atoms with Gasteiger partial charge in [-0.1, -0.05) is 24.6 Å². The molecule has 114 valence electrons. The van der Waals surface area contributed by atoms with Crippen molar-refractivity contribution < 1.29 is 14.7 Å². The van der Waals surface area contributed by atoms with E-state index < -0.39 is 17.9 Å². The van der Waals surface area contributed by atoms with Crippen LogP contribution < -0.4 is 5.32 Å². The average molecular weight is 328 g/mol. The van der Waals surface area contributed by atoms with Gasteiger partial charge in [0.05, 0.1) is 5.56 Å². The third-order valence-electron chi connectivity index (χ3n) is 2.75. The number of carboxylic acid groups (broad SMARTS) is 1. The molecule has 0 bridgehead atoms.